The maximum atomic E-state index is 11.3. The Balaban J connectivity index is 1.51. The first-order valence-corrected chi connectivity index (χ1v) is 9.41. The van der Waals surface area contributed by atoms with E-state index in [9.17, 15) is 10.2 Å². The summed E-state index contributed by atoms with van der Waals surface area (Å²) >= 11 is 0. The predicted molar refractivity (Wildman–Crippen MR) is 95.7 cm³/mol. The van der Waals surface area contributed by atoms with Crippen LogP contribution in [-0.2, 0) is 6.54 Å². The number of anilines is 1. The van der Waals surface area contributed by atoms with Gasteiger partial charge in [0.1, 0.15) is 11.1 Å². The fourth-order valence-electron chi connectivity index (χ4n) is 5.56. The van der Waals surface area contributed by atoms with Crippen LogP contribution < -0.4 is 5.73 Å². The standard InChI is InChI=1S/C19H23N5O2/c20-17-16-18(24(3-4-25)10-21-16)23-15(22-17)1-2-19(26)13-6-11-5-12(8-13)9-14(19)7-11/h10-14,25-26H,3-9H2,(H2,20,22,23). The molecular formula is C19H23N5O2. The van der Waals surface area contributed by atoms with Crippen molar-refractivity contribution in [1.29, 1.82) is 0 Å². The molecule has 7 nitrogen and oxygen atoms in total. The number of nitrogens with two attached hydrogens (primary N) is 1. The highest BCUT2D eigenvalue weighted by Crippen LogP contribution is 2.58. The van der Waals surface area contributed by atoms with Crippen molar-refractivity contribution in [2.45, 2.75) is 44.2 Å². The fraction of sp³-hybridized carbons (Fsp3) is 0.632. The van der Waals surface area contributed by atoms with E-state index in [1.165, 1.54) is 6.42 Å². The number of nitrogens with zero attached hydrogens (tertiary/aromatic N) is 4. The maximum absolute atomic E-state index is 11.3. The Bertz CT molecular complexity index is 897. The molecule has 0 radical (unpaired) electrons. The molecule has 0 aromatic carbocycles. The number of aliphatic hydroxyl groups excluding tert-OH is 1. The monoisotopic (exact) mass is 353 g/mol. The Morgan fingerprint density at radius 3 is 2.50 bits per heavy atom. The molecule has 4 aliphatic rings. The van der Waals surface area contributed by atoms with Crippen molar-refractivity contribution in [1.82, 2.24) is 19.5 Å². The largest absolute Gasteiger partial charge is 0.395 e. The van der Waals surface area contributed by atoms with Gasteiger partial charge in [0.05, 0.1) is 12.9 Å². The number of hydrogen-bond donors (Lipinski definition) is 3. The molecule has 4 N–H and O–H groups in total. The Labute approximate surface area is 151 Å². The summed E-state index contributed by atoms with van der Waals surface area (Å²) in [5.74, 6) is 8.80. The minimum atomic E-state index is -0.925. The average Bonchev–Trinajstić information content (AvgIpc) is 3.01. The number of nitrogen functional groups attached to an aromatic ring is 1. The lowest BCUT2D eigenvalue weighted by Gasteiger charge is -2.56. The number of aromatic nitrogens is 4. The molecule has 0 spiro atoms. The van der Waals surface area contributed by atoms with E-state index in [1.54, 1.807) is 10.9 Å². The minimum Gasteiger partial charge on any atom is -0.395 e. The molecule has 4 aliphatic carbocycles. The minimum absolute atomic E-state index is 0.0121. The van der Waals surface area contributed by atoms with Crippen molar-refractivity contribution in [2.75, 3.05) is 12.3 Å². The van der Waals surface area contributed by atoms with Crippen LogP contribution in [0, 0.1) is 35.5 Å². The molecule has 6 rings (SSSR count). The topological polar surface area (TPSA) is 110 Å². The fourth-order valence-corrected chi connectivity index (χ4v) is 5.56. The highest BCUT2D eigenvalue weighted by molar-refractivity contribution is 5.81. The van der Waals surface area contributed by atoms with E-state index in [-0.39, 0.29) is 24.3 Å². The zero-order chi connectivity index (χ0) is 17.9. The van der Waals surface area contributed by atoms with Crippen LogP contribution in [0.25, 0.3) is 11.2 Å². The van der Waals surface area contributed by atoms with E-state index in [2.05, 4.69) is 26.8 Å². The molecule has 26 heavy (non-hydrogen) atoms. The lowest BCUT2D eigenvalue weighted by molar-refractivity contribution is -0.136. The second kappa shape index (κ2) is 5.66. The van der Waals surface area contributed by atoms with Crippen LogP contribution >= 0.6 is 0 Å². The van der Waals surface area contributed by atoms with Gasteiger partial charge in [-0.05, 0) is 61.7 Å². The van der Waals surface area contributed by atoms with Crippen LogP contribution in [-0.4, -0.2) is 41.9 Å². The summed E-state index contributed by atoms with van der Waals surface area (Å²) in [7, 11) is 0. The summed E-state index contributed by atoms with van der Waals surface area (Å²) in [5, 5.41) is 20.5. The molecule has 7 heteroatoms. The van der Waals surface area contributed by atoms with Crippen molar-refractivity contribution in [2.24, 2.45) is 23.7 Å². The predicted octanol–water partition coefficient (Wildman–Crippen LogP) is 0.940. The van der Waals surface area contributed by atoms with Gasteiger partial charge in [-0.3, -0.25) is 0 Å². The first kappa shape index (κ1) is 16.0. The Morgan fingerprint density at radius 2 is 1.85 bits per heavy atom. The molecule has 0 unspecified atom stereocenters. The highest BCUT2D eigenvalue weighted by Gasteiger charge is 2.55. The van der Waals surface area contributed by atoms with Gasteiger partial charge in [0.15, 0.2) is 11.5 Å². The van der Waals surface area contributed by atoms with E-state index in [4.69, 9.17) is 5.73 Å². The lowest BCUT2D eigenvalue weighted by Crippen LogP contribution is -2.56. The lowest BCUT2D eigenvalue weighted by atomic mass is 9.50. The summed E-state index contributed by atoms with van der Waals surface area (Å²) < 4.78 is 1.73. The van der Waals surface area contributed by atoms with E-state index in [1.807, 2.05) is 0 Å². The van der Waals surface area contributed by atoms with Gasteiger partial charge >= 0.3 is 0 Å². The molecule has 0 atom stereocenters. The van der Waals surface area contributed by atoms with Gasteiger partial charge in [-0.2, -0.15) is 0 Å². The second-order valence-corrected chi connectivity index (χ2v) is 8.15. The summed E-state index contributed by atoms with van der Waals surface area (Å²) in [6.45, 7) is 0.374. The molecule has 4 saturated carbocycles. The quantitative estimate of drug-likeness (QED) is 0.693. The molecule has 0 saturated heterocycles. The van der Waals surface area contributed by atoms with Gasteiger partial charge in [-0.15, -0.1) is 0 Å². The van der Waals surface area contributed by atoms with Crippen molar-refractivity contribution in [3.8, 4) is 11.8 Å². The molecule has 2 aromatic rings. The van der Waals surface area contributed by atoms with Crippen molar-refractivity contribution >= 4 is 17.0 Å². The van der Waals surface area contributed by atoms with Gasteiger partial charge in [0.2, 0.25) is 5.82 Å². The number of imidazole rings is 1. The summed E-state index contributed by atoms with van der Waals surface area (Å²) in [6, 6.07) is 0. The van der Waals surface area contributed by atoms with Gasteiger partial charge in [0.25, 0.3) is 0 Å². The van der Waals surface area contributed by atoms with Gasteiger partial charge < -0.3 is 20.5 Å². The van der Waals surface area contributed by atoms with E-state index >= 15 is 0 Å². The van der Waals surface area contributed by atoms with Crippen LogP contribution in [0.4, 0.5) is 5.82 Å². The molecule has 136 valence electrons. The molecule has 0 amide bonds. The molecule has 2 heterocycles. The van der Waals surface area contributed by atoms with Crippen LogP contribution in [0.2, 0.25) is 0 Å². The zero-order valence-corrected chi connectivity index (χ0v) is 14.6. The Hall–Kier alpha value is -2.17. The Kier molecular flexibility index (Phi) is 3.49. The number of aliphatic hydroxyl groups is 2. The van der Waals surface area contributed by atoms with Gasteiger partial charge in [-0.25, -0.2) is 15.0 Å². The summed E-state index contributed by atoms with van der Waals surface area (Å²) in [6.07, 6.45) is 7.27. The van der Waals surface area contributed by atoms with Crippen molar-refractivity contribution in [3.05, 3.63) is 12.2 Å². The number of fused-ring (bicyclic) bond motifs is 1. The zero-order valence-electron chi connectivity index (χ0n) is 14.6. The van der Waals surface area contributed by atoms with E-state index in [0.29, 0.717) is 23.5 Å². The van der Waals surface area contributed by atoms with E-state index < -0.39 is 5.60 Å². The third-order valence-corrected chi connectivity index (χ3v) is 6.59. The number of rotatable bonds is 2. The van der Waals surface area contributed by atoms with Crippen LogP contribution in [0.15, 0.2) is 6.33 Å². The molecule has 4 bridgehead atoms. The second-order valence-electron chi connectivity index (χ2n) is 8.15. The first-order valence-electron chi connectivity index (χ1n) is 9.41. The van der Waals surface area contributed by atoms with Crippen LogP contribution in [0.5, 0.6) is 0 Å². The SMILES string of the molecule is Nc1nc(C#CC2(O)C3CC4CC(C3)CC2C4)nc2c1ncn2CCO. The normalized spacial score (nSPS) is 34.8. The first-order chi connectivity index (χ1) is 12.6. The summed E-state index contributed by atoms with van der Waals surface area (Å²) in [5.41, 5.74) is 6.15. The van der Waals surface area contributed by atoms with Crippen molar-refractivity contribution < 1.29 is 10.2 Å². The molecule has 2 aromatic heterocycles. The highest BCUT2D eigenvalue weighted by atomic mass is 16.3. The van der Waals surface area contributed by atoms with Gasteiger partial charge in [0, 0.05) is 6.54 Å². The third kappa shape index (κ3) is 2.32. The van der Waals surface area contributed by atoms with Crippen LogP contribution in [0.1, 0.15) is 37.9 Å². The van der Waals surface area contributed by atoms with E-state index in [0.717, 1.165) is 37.5 Å². The summed E-state index contributed by atoms with van der Waals surface area (Å²) in [4.78, 5) is 12.9. The number of hydrogen-bond acceptors (Lipinski definition) is 6. The maximum Gasteiger partial charge on any atom is 0.209 e. The van der Waals surface area contributed by atoms with Crippen molar-refractivity contribution in [3.63, 3.8) is 0 Å². The van der Waals surface area contributed by atoms with Crippen LogP contribution in [0.3, 0.4) is 0 Å². The van der Waals surface area contributed by atoms with Gasteiger partial charge in [-0.1, -0.05) is 5.92 Å². The third-order valence-electron chi connectivity index (χ3n) is 6.59. The average molecular weight is 353 g/mol. The molecule has 0 aliphatic heterocycles. The molecule has 4 fully saturated rings. The smallest absolute Gasteiger partial charge is 0.209 e. The Morgan fingerprint density at radius 1 is 1.15 bits per heavy atom. The molecular weight excluding hydrogens is 330 g/mol.